The van der Waals surface area contributed by atoms with Crippen molar-refractivity contribution >= 4 is 17.6 Å². The van der Waals surface area contributed by atoms with Gasteiger partial charge in [-0.3, -0.25) is 9.59 Å². The second-order valence-corrected chi connectivity index (χ2v) is 9.11. The van der Waals surface area contributed by atoms with Gasteiger partial charge in [0.05, 0.1) is 25.2 Å². The highest BCUT2D eigenvalue weighted by Gasteiger charge is 2.50. The van der Waals surface area contributed by atoms with Crippen LogP contribution in [0.3, 0.4) is 0 Å². The molecule has 1 unspecified atom stereocenters. The quantitative estimate of drug-likeness (QED) is 0.478. The van der Waals surface area contributed by atoms with Crippen LogP contribution in [0.4, 0.5) is 32.2 Å². The van der Waals surface area contributed by atoms with Crippen molar-refractivity contribution in [3.8, 4) is 0 Å². The molecule has 1 aromatic rings. The van der Waals surface area contributed by atoms with Crippen LogP contribution in [0.5, 0.6) is 0 Å². The van der Waals surface area contributed by atoms with Gasteiger partial charge in [-0.1, -0.05) is 0 Å². The Morgan fingerprint density at radius 3 is 2.34 bits per heavy atom. The SMILES string of the molecule is C[C@@H](CO[C@H]1CCN(C2CCN(c3cnc(C(F)(F)F)cn3)CC2)C1=O)OC1=CN=NC(=O)C1C(F)(F)F. The van der Waals surface area contributed by atoms with Gasteiger partial charge in [-0.25, -0.2) is 9.97 Å². The number of amides is 2. The Morgan fingerprint density at radius 1 is 1.03 bits per heavy atom. The Bertz CT molecular complexity index is 1090. The Labute approximate surface area is 212 Å². The van der Waals surface area contributed by atoms with E-state index >= 15 is 0 Å². The Kier molecular flexibility index (Phi) is 7.90. The lowest BCUT2D eigenvalue weighted by atomic mass is 10.0. The molecule has 0 bridgehead atoms. The third-order valence-corrected chi connectivity index (χ3v) is 6.42. The first kappa shape index (κ1) is 27.7. The number of hydrogen-bond donors (Lipinski definition) is 0. The van der Waals surface area contributed by atoms with E-state index in [9.17, 15) is 35.9 Å². The second kappa shape index (κ2) is 10.8. The van der Waals surface area contributed by atoms with Crippen LogP contribution in [0.1, 0.15) is 31.9 Å². The van der Waals surface area contributed by atoms with Gasteiger partial charge in [-0.05, 0) is 19.8 Å². The van der Waals surface area contributed by atoms with Crippen molar-refractivity contribution < 1.29 is 45.4 Å². The van der Waals surface area contributed by atoms with Gasteiger partial charge >= 0.3 is 12.4 Å². The average Bonchev–Trinajstić information content (AvgIpc) is 3.21. The lowest BCUT2D eigenvalue weighted by molar-refractivity contribution is -0.183. The number of rotatable bonds is 7. The van der Waals surface area contributed by atoms with Crippen LogP contribution >= 0.6 is 0 Å². The molecule has 16 heteroatoms. The fourth-order valence-corrected chi connectivity index (χ4v) is 4.54. The maximum atomic E-state index is 13.2. The van der Waals surface area contributed by atoms with E-state index in [1.54, 1.807) is 9.80 Å². The van der Waals surface area contributed by atoms with Crippen molar-refractivity contribution in [2.24, 2.45) is 16.1 Å². The van der Waals surface area contributed by atoms with Gasteiger partial charge in [-0.15, -0.1) is 5.11 Å². The number of ether oxygens (including phenoxy) is 2. The standard InChI is InChI=1S/C22H24F6N6O4/c1-12(38-15-8-31-32-19(35)18(15)22(26,27)28)11-37-14-4-7-34(20(14)36)13-2-5-33(6-3-13)17-10-29-16(9-30-17)21(23,24)25/h8-10,12-14,18H,2-7,11H2,1H3/t12-,14-,18?/m0/s1. The topological polar surface area (TPSA) is 110 Å². The van der Waals surface area contributed by atoms with Crippen molar-refractivity contribution in [1.82, 2.24) is 14.9 Å². The van der Waals surface area contributed by atoms with E-state index in [0.717, 1.165) is 12.4 Å². The zero-order valence-electron chi connectivity index (χ0n) is 20.1. The molecule has 3 aliphatic heterocycles. The first-order chi connectivity index (χ1) is 17.8. The van der Waals surface area contributed by atoms with E-state index in [-0.39, 0.29) is 18.6 Å². The zero-order chi connectivity index (χ0) is 27.7. The average molecular weight is 550 g/mol. The van der Waals surface area contributed by atoms with Crippen molar-refractivity contribution in [2.45, 2.75) is 56.8 Å². The summed E-state index contributed by atoms with van der Waals surface area (Å²) in [6.45, 7) is 2.62. The molecule has 3 aliphatic rings. The number of carbonyl (C=O) groups is 2. The van der Waals surface area contributed by atoms with E-state index in [0.29, 0.717) is 50.9 Å². The molecule has 0 N–H and O–H groups in total. The number of likely N-dealkylation sites (tertiary alicyclic amines) is 1. The van der Waals surface area contributed by atoms with Gasteiger partial charge in [0.1, 0.15) is 23.8 Å². The minimum Gasteiger partial charge on any atom is -0.490 e. The van der Waals surface area contributed by atoms with Crippen LogP contribution in [0.15, 0.2) is 34.6 Å². The second-order valence-electron chi connectivity index (χ2n) is 9.11. The number of piperidine rings is 1. The highest BCUT2D eigenvalue weighted by atomic mass is 19.4. The van der Waals surface area contributed by atoms with Crippen molar-refractivity contribution in [3.05, 3.63) is 30.0 Å². The summed E-state index contributed by atoms with van der Waals surface area (Å²) < 4.78 is 88.6. The smallest absolute Gasteiger partial charge is 0.434 e. The Morgan fingerprint density at radius 2 is 1.74 bits per heavy atom. The van der Waals surface area contributed by atoms with Gasteiger partial charge in [0.15, 0.2) is 11.6 Å². The summed E-state index contributed by atoms with van der Waals surface area (Å²) >= 11 is 0. The number of nitrogens with zero attached hydrogens (tertiary/aromatic N) is 6. The van der Waals surface area contributed by atoms with Gasteiger partial charge in [0, 0.05) is 32.1 Å². The summed E-state index contributed by atoms with van der Waals surface area (Å²) in [5, 5.41) is 6.16. The molecule has 10 nitrogen and oxygen atoms in total. The molecule has 208 valence electrons. The molecule has 0 aliphatic carbocycles. The van der Waals surface area contributed by atoms with E-state index < -0.39 is 47.8 Å². The molecular weight excluding hydrogens is 526 g/mol. The highest BCUT2D eigenvalue weighted by Crippen LogP contribution is 2.36. The van der Waals surface area contributed by atoms with Crippen LogP contribution in [0.2, 0.25) is 0 Å². The minimum absolute atomic E-state index is 0.0975. The normalized spacial score (nSPS) is 24.1. The van der Waals surface area contributed by atoms with Gasteiger partial charge in [0.2, 0.25) is 0 Å². The number of anilines is 1. The van der Waals surface area contributed by atoms with Gasteiger partial charge < -0.3 is 19.3 Å². The molecule has 0 spiro atoms. The maximum absolute atomic E-state index is 13.2. The summed E-state index contributed by atoms with van der Waals surface area (Å²) in [6.07, 6.45) is -7.13. The van der Waals surface area contributed by atoms with E-state index in [1.807, 2.05) is 0 Å². The fourth-order valence-electron chi connectivity index (χ4n) is 4.54. The van der Waals surface area contributed by atoms with E-state index in [1.165, 1.54) is 6.92 Å². The third kappa shape index (κ3) is 6.22. The van der Waals surface area contributed by atoms with Gasteiger partial charge in [0.25, 0.3) is 11.8 Å². The van der Waals surface area contributed by atoms with Crippen LogP contribution in [-0.2, 0) is 25.2 Å². The molecule has 2 saturated heterocycles. The fraction of sp³-hybridized carbons (Fsp3) is 0.636. The van der Waals surface area contributed by atoms with Crippen molar-refractivity contribution in [1.29, 1.82) is 0 Å². The van der Waals surface area contributed by atoms with Crippen LogP contribution < -0.4 is 4.90 Å². The molecule has 4 heterocycles. The number of alkyl halides is 6. The monoisotopic (exact) mass is 550 g/mol. The molecule has 2 amide bonds. The Balaban J connectivity index is 1.25. The maximum Gasteiger partial charge on any atom is 0.434 e. The van der Waals surface area contributed by atoms with E-state index in [4.69, 9.17) is 9.47 Å². The molecule has 0 aromatic carbocycles. The number of aromatic nitrogens is 2. The number of halogens is 6. The summed E-state index contributed by atoms with van der Waals surface area (Å²) in [7, 11) is 0. The molecule has 4 rings (SSSR count). The molecule has 2 fully saturated rings. The predicted molar refractivity (Wildman–Crippen MR) is 116 cm³/mol. The molecule has 3 atom stereocenters. The summed E-state index contributed by atoms with van der Waals surface area (Å²) in [5.74, 6) is -4.62. The zero-order valence-corrected chi connectivity index (χ0v) is 20.1. The van der Waals surface area contributed by atoms with Crippen LogP contribution in [-0.4, -0.2) is 77.3 Å². The predicted octanol–water partition coefficient (Wildman–Crippen LogP) is 3.50. The van der Waals surface area contributed by atoms with Crippen LogP contribution in [0, 0.1) is 5.92 Å². The number of hydrogen-bond acceptors (Lipinski definition) is 8. The largest absolute Gasteiger partial charge is 0.490 e. The first-order valence-corrected chi connectivity index (χ1v) is 11.8. The van der Waals surface area contributed by atoms with Crippen molar-refractivity contribution in [3.63, 3.8) is 0 Å². The molecule has 0 radical (unpaired) electrons. The van der Waals surface area contributed by atoms with Crippen LogP contribution in [0.25, 0.3) is 0 Å². The molecule has 38 heavy (non-hydrogen) atoms. The third-order valence-electron chi connectivity index (χ3n) is 6.42. The lowest BCUT2D eigenvalue weighted by Gasteiger charge is -2.37. The Hall–Kier alpha value is -3.30. The minimum atomic E-state index is -4.89. The molecular formula is C22H24F6N6O4. The summed E-state index contributed by atoms with van der Waals surface area (Å²) in [6, 6.07) is -0.0975. The lowest BCUT2D eigenvalue weighted by Crippen LogP contribution is -2.47. The first-order valence-electron chi connectivity index (χ1n) is 11.8. The molecule has 1 aromatic heterocycles. The molecule has 0 saturated carbocycles. The van der Waals surface area contributed by atoms with Crippen molar-refractivity contribution in [2.75, 3.05) is 31.1 Å². The number of carbonyl (C=O) groups excluding carboxylic acids is 2. The van der Waals surface area contributed by atoms with Gasteiger partial charge in [-0.2, -0.15) is 31.5 Å². The number of azo groups is 1. The summed E-state index contributed by atoms with van der Waals surface area (Å²) in [4.78, 5) is 35.2. The van der Waals surface area contributed by atoms with E-state index in [2.05, 4.69) is 20.2 Å². The highest BCUT2D eigenvalue weighted by molar-refractivity contribution is 5.83. The summed E-state index contributed by atoms with van der Waals surface area (Å²) in [5.41, 5.74) is -1.07.